The number of ether oxygens (including phenoxy) is 2. The molecule has 1 saturated heterocycles. The Balaban J connectivity index is 2.69. The summed E-state index contributed by atoms with van der Waals surface area (Å²) in [6, 6.07) is 0. The second kappa shape index (κ2) is 3.67. The molecule has 0 radical (unpaired) electrons. The van der Waals surface area contributed by atoms with Gasteiger partial charge in [-0.3, -0.25) is 9.59 Å². The molecule has 0 aromatic rings. The lowest BCUT2D eigenvalue weighted by Gasteiger charge is -2.25. The first kappa shape index (κ1) is 9.19. The number of rotatable bonds is 1. The highest BCUT2D eigenvalue weighted by atomic mass is 16.5. The maximum Gasteiger partial charge on any atom is 0.318 e. The smallest absolute Gasteiger partial charge is 0.318 e. The molecular formula is C8H12O4. The van der Waals surface area contributed by atoms with E-state index in [1.165, 1.54) is 7.11 Å². The number of carbonyl (C=O) groups is 2. The Morgan fingerprint density at radius 3 is 2.83 bits per heavy atom. The molecule has 0 unspecified atom stereocenters. The third-order valence-electron chi connectivity index (χ3n) is 2.00. The minimum absolute atomic E-state index is 0.0828. The topological polar surface area (TPSA) is 52.6 Å². The van der Waals surface area contributed by atoms with Crippen molar-refractivity contribution in [3.05, 3.63) is 0 Å². The number of esters is 1. The van der Waals surface area contributed by atoms with Crippen LogP contribution in [-0.2, 0) is 19.1 Å². The van der Waals surface area contributed by atoms with Crippen LogP contribution in [0.4, 0.5) is 0 Å². The van der Waals surface area contributed by atoms with Crippen molar-refractivity contribution in [1.29, 1.82) is 0 Å². The molecular weight excluding hydrogens is 160 g/mol. The maximum absolute atomic E-state index is 11.2. The van der Waals surface area contributed by atoms with E-state index in [0.29, 0.717) is 13.0 Å². The number of hydrogen-bond acceptors (Lipinski definition) is 4. The lowest BCUT2D eigenvalue weighted by atomic mass is 9.94. The SMILES string of the molecule is COC(=O)[C@H]1C(=O)CCO[C@@H]1C. The zero-order valence-corrected chi connectivity index (χ0v) is 7.20. The van der Waals surface area contributed by atoms with Gasteiger partial charge in [-0.1, -0.05) is 0 Å². The van der Waals surface area contributed by atoms with Crippen LogP contribution < -0.4 is 0 Å². The van der Waals surface area contributed by atoms with Gasteiger partial charge in [0.1, 0.15) is 5.92 Å². The van der Waals surface area contributed by atoms with E-state index in [1.807, 2.05) is 0 Å². The third kappa shape index (κ3) is 1.64. The molecule has 1 rings (SSSR count). The lowest BCUT2D eigenvalue weighted by Crippen LogP contribution is -2.40. The van der Waals surface area contributed by atoms with E-state index in [0.717, 1.165) is 0 Å². The summed E-state index contributed by atoms with van der Waals surface area (Å²) in [7, 11) is 1.27. The van der Waals surface area contributed by atoms with E-state index in [4.69, 9.17) is 4.74 Å². The summed E-state index contributed by atoms with van der Waals surface area (Å²) in [5.74, 6) is -1.29. The predicted molar refractivity (Wildman–Crippen MR) is 40.5 cm³/mol. The molecule has 4 nitrogen and oxygen atoms in total. The highest BCUT2D eigenvalue weighted by Gasteiger charge is 2.36. The van der Waals surface area contributed by atoms with Gasteiger partial charge in [0, 0.05) is 6.42 Å². The van der Waals surface area contributed by atoms with Gasteiger partial charge in [-0.05, 0) is 6.92 Å². The van der Waals surface area contributed by atoms with Crippen molar-refractivity contribution in [2.45, 2.75) is 19.4 Å². The van der Waals surface area contributed by atoms with Crippen molar-refractivity contribution in [3.8, 4) is 0 Å². The standard InChI is InChI=1S/C8H12O4/c1-5-7(8(10)11-2)6(9)3-4-12-5/h5,7H,3-4H2,1-2H3/t5-,7-/m1/s1. The van der Waals surface area contributed by atoms with E-state index in [1.54, 1.807) is 6.92 Å². The van der Waals surface area contributed by atoms with E-state index < -0.39 is 11.9 Å². The number of carbonyl (C=O) groups excluding carboxylic acids is 2. The van der Waals surface area contributed by atoms with Crippen LogP contribution in [0.2, 0.25) is 0 Å². The summed E-state index contributed by atoms with van der Waals surface area (Å²) in [5.41, 5.74) is 0. The van der Waals surface area contributed by atoms with Crippen molar-refractivity contribution in [3.63, 3.8) is 0 Å². The van der Waals surface area contributed by atoms with Crippen LogP contribution in [0.1, 0.15) is 13.3 Å². The van der Waals surface area contributed by atoms with Crippen LogP contribution in [-0.4, -0.2) is 31.6 Å². The predicted octanol–water partition coefficient (Wildman–Crippen LogP) is 0.153. The summed E-state index contributed by atoms with van der Waals surface area (Å²) in [4.78, 5) is 22.3. The van der Waals surface area contributed by atoms with E-state index in [-0.39, 0.29) is 11.9 Å². The van der Waals surface area contributed by atoms with Gasteiger partial charge in [0.05, 0.1) is 19.8 Å². The fourth-order valence-corrected chi connectivity index (χ4v) is 1.31. The Hall–Kier alpha value is -0.900. The second-order valence-corrected chi connectivity index (χ2v) is 2.79. The molecule has 0 saturated carbocycles. The van der Waals surface area contributed by atoms with Crippen LogP contribution in [0.25, 0.3) is 0 Å². The van der Waals surface area contributed by atoms with Gasteiger partial charge < -0.3 is 9.47 Å². The normalized spacial score (nSPS) is 30.0. The average molecular weight is 172 g/mol. The van der Waals surface area contributed by atoms with E-state index >= 15 is 0 Å². The van der Waals surface area contributed by atoms with Crippen molar-refractivity contribution in [2.24, 2.45) is 5.92 Å². The van der Waals surface area contributed by atoms with Crippen molar-refractivity contribution in [1.82, 2.24) is 0 Å². The van der Waals surface area contributed by atoms with E-state index in [9.17, 15) is 9.59 Å². The highest BCUT2D eigenvalue weighted by molar-refractivity contribution is 6.00. The molecule has 0 spiro atoms. The van der Waals surface area contributed by atoms with Gasteiger partial charge in [0.25, 0.3) is 0 Å². The fraction of sp³-hybridized carbons (Fsp3) is 0.750. The van der Waals surface area contributed by atoms with Crippen LogP contribution in [0, 0.1) is 5.92 Å². The van der Waals surface area contributed by atoms with Crippen LogP contribution in [0.5, 0.6) is 0 Å². The molecule has 1 heterocycles. The molecule has 0 amide bonds. The van der Waals surface area contributed by atoms with Crippen molar-refractivity contribution < 1.29 is 19.1 Å². The quantitative estimate of drug-likeness (QED) is 0.417. The molecule has 12 heavy (non-hydrogen) atoms. The minimum atomic E-state index is -0.719. The zero-order chi connectivity index (χ0) is 9.14. The van der Waals surface area contributed by atoms with Gasteiger partial charge in [0.2, 0.25) is 0 Å². The number of hydrogen-bond donors (Lipinski definition) is 0. The van der Waals surface area contributed by atoms with Gasteiger partial charge in [-0.25, -0.2) is 0 Å². The maximum atomic E-state index is 11.2. The zero-order valence-electron chi connectivity index (χ0n) is 7.20. The molecule has 2 atom stereocenters. The monoisotopic (exact) mass is 172 g/mol. The number of methoxy groups -OCH3 is 1. The van der Waals surface area contributed by atoms with Gasteiger partial charge in [0.15, 0.2) is 5.78 Å². The average Bonchev–Trinajstić information content (AvgIpc) is 2.03. The molecule has 68 valence electrons. The fourth-order valence-electron chi connectivity index (χ4n) is 1.31. The lowest BCUT2D eigenvalue weighted by molar-refractivity contribution is -0.160. The highest BCUT2D eigenvalue weighted by Crippen LogP contribution is 2.18. The Morgan fingerprint density at radius 2 is 2.33 bits per heavy atom. The molecule has 0 aliphatic carbocycles. The van der Waals surface area contributed by atoms with Crippen molar-refractivity contribution in [2.75, 3.05) is 13.7 Å². The van der Waals surface area contributed by atoms with Crippen molar-refractivity contribution >= 4 is 11.8 Å². The number of Topliss-reactive ketones (excluding diaryl/α,β-unsaturated/α-hetero) is 1. The largest absolute Gasteiger partial charge is 0.468 e. The van der Waals surface area contributed by atoms with Gasteiger partial charge >= 0.3 is 5.97 Å². The molecule has 1 aliphatic heterocycles. The van der Waals surface area contributed by atoms with Gasteiger partial charge in [-0.2, -0.15) is 0 Å². The van der Waals surface area contributed by atoms with Crippen LogP contribution in [0.3, 0.4) is 0 Å². The molecule has 0 N–H and O–H groups in total. The van der Waals surface area contributed by atoms with Gasteiger partial charge in [-0.15, -0.1) is 0 Å². The molecule has 0 bridgehead atoms. The van der Waals surface area contributed by atoms with E-state index in [2.05, 4.69) is 4.74 Å². The Bertz CT molecular complexity index is 191. The Morgan fingerprint density at radius 1 is 1.67 bits per heavy atom. The first-order valence-electron chi connectivity index (χ1n) is 3.89. The Kier molecular flexibility index (Phi) is 2.81. The van der Waals surface area contributed by atoms with Crippen LogP contribution in [0.15, 0.2) is 0 Å². The molecule has 1 aliphatic rings. The summed E-state index contributed by atoms with van der Waals surface area (Å²) in [5, 5.41) is 0. The second-order valence-electron chi connectivity index (χ2n) is 2.79. The summed E-state index contributed by atoms with van der Waals surface area (Å²) in [6.45, 7) is 2.12. The molecule has 0 aromatic heterocycles. The summed E-state index contributed by atoms with van der Waals surface area (Å²) in [6.07, 6.45) is -0.0388. The first-order valence-corrected chi connectivity index (χ1v) is 3.89. The Labute approximate surface area is 70.8 Å². The minimum Gasteiger partial charge on any atom is -0.468 e. The number of ketones is 1. The third-order valence-corrected chi connectivity index (χ3v) is 2.00. The molecule has 0 aromatic carbocycles. The molecule has 4 heteroatoms. The first-order chi connectivity index (χ1) is 5.66. The summed E-state index contributed by atoms with van der Waals surface area (Å²) < 4.78 is 9.65. The van der Waals surface area contributed by atoms with Crippen LogP contribution >= 0.6 is 0 Å². The summed E-state index contributed by atoms with van der Waals surface area (Å²) >= 11 is 0. The molecule has 1 fully saturated rings.